The number of anilines is 10. The van der Waals surface area contributed by atoms with E-state index in [4.69, 9.17) is 4.42 Å². The lowest BCUT2D eigenvalue weighted by atomic mass is 9.33. The van der Waals surface area contributed by atoms with Crippen LogP contribution < -0.4 is 36.0 Å². The fourth-order valence-electron chi connectivity index (χ4n) is 17.4. The second-order valence-corrected chi connectivity index (χ2v) is 27.7. The van der Waals surface area contributed by atoms with Crippen molar-refractivity contribution < 1.29 is 4.42 Å². The van der Waals surface area contributed by atoms with E-state index in [0.29, 0.717) is 0 Å². The van der Waals surface area contributed by atoms with Crippen molar-refractivity contribution in [1.29, 1.82) is 0 Å². The van der Waals surface area contributed by atoms with Crippen molar-refractivity contribution >= 4 is 102 Å². The van der Waals surface area contributed by atoms with Crippen molar-refractivity contribution in [3.8, 4) is 11.1 Å². The fourth-order valence-corrected chi connectivity index (χ4v) is 17.4. The Morgan fingerprint density at radius 2 is 1.00 bits per heavy atom. The fraction of sp³-hybridized carbons (Fsp3) is 0.299. The van der Waals surface area contributed by atoms with E-state index in [1.807, 2.05) is 0 Å². The number of hydrogen-bond acceptors (Lipinski definition) is 5. The third-order valence-electron chi connectivity index (χ3n) is 22.2. The van der Waals surface area contributed by atoms with Crippen LogP contribution in [0.25, 0.3) is 33.1 Å². The summed E-state index contributed by atoms with van der Waals surface area (Å²) >= 11 is 0. The third-order valence-corrected chi connectivity index (χ3v) is 22.2. The van der Waals surface area contributed by atoms with Crippen LogP contribution in [-0.2, 0) is 16.2 Å². The Hall–Kier alpha value is -7.96. The van der Waals surface area contributed by atoms with Gasteiger partial charge in [-0.15, -0.1) is 0 Å². The molecule has 0 amide bonds. The Morgan fingerprint density at radius 3 is 1.71 bits per heavy atom. The minimum Gasteiger partial charge on any atom is -0.454 e. The van der Waals surface area contributed by atoms with Gasteiger partial charge >= 0.3 is 0 Å². The molecule has 4 unspecified atom stereocenters. The first kappa shape index (κ1) is 50.7. The highest BCUT2D eigenvalue weighted by molar-refractivity contribution is 7.00. The van der Waals surface area contributed by atoms with Gasteiger partial charge in [0.25, 0.3) is 6.71 Å². The Balaban J connectivity index is 0.978. The summed E-state index contributed by atoms with van der Waals surface area (Å²) in [6, 6.07) is 68.4. The average Bonchev–Trinajstić information content (AvgIpc) is 1.91. The molecular formula is C77H75BN4O. The van der Waals surface area contributed by atoms with E-state index in [-0.39, 0.29) is 34.0 Å². The van der Waals surface area contributed by atoms with Crippen molar-refractivity contribution in [2.45, 2.75) is 148 Å². The molecule has 0 radical (unpaired) electrons. The zero-order valence-corrected chi connectivity index (χ0v) is 50.2. The molecule has 2 aliphatic carbocycles. The smallest absolute Gasteiger partial charge is 0.252 e. The van der Waals surface area contributed by atoms with Crippen molar-refractivity contribution in [1.82, 2.24) is 0 Å². The van der Waals surface area contributed by atoms with Crippen LogP contribution in [0.5, 0.6) is 0 Å². The van der Waals surface area contributed by atoms with Crippen LogP contribution in [-0.4, -0.2) is 17.8 Å². The van der Waals surface area contributed by atoms with Crippen LogP contribution in [0.1, 0.15) is 133 Å². The van der Waals surface area contributed by atoms with Crippen LogP contribution >= 0.6 is 0 Å². The average molecular weight is 1080 g/mol. The summed E-state index contributed by atoms with van der Waals surface area (Å²) < 4.78 is 7.09. The second-order valence-electron chi connectivity index (χ2n) is 27.7. The molecule has 2 saturated carbocycles. The van der Waals surface area contributed by atoms with E-state index in [0.717, 1.165) is 46.2 Å². The number of benzene rings is 9. The van der Waals surface area contributed by atoms with Crippen molar-refractivity contribution in [3.63, 3.8) is 0 Å². The Morgan fingerprint density at radius 1 is 0.434 bits per heavy atom. The van der Waals surface area contributed by atoms with Gasteiger partial charge in [0, 0.05) is 72.8 Å². The van der Waals surface area contributed by atoms with Gasteiger partial charge in [0.2, 0.25) is 0 Å². The number of rotatable bonds is 5. The molecule has 16 rings (SSSR count). The van der Waals surface area contributed by atoms with E-state index in [9.17, 15) is 0 Å². The molecule has 0 spiro atoms. The summed E-state index contributed by atoms with van der Waals surface area (Å²) in [6.45, 7) is 24.1. The zero-order chi connectivity index (χ0) is 56.7. The summed E-state index contributed by atoms with van der Waals surface area (Å²) in [5.41, 5.74) is 28.5. The van der Waals surface area contributed by atoms with Crippen LogP contribution in [0, 0.1) is 20.8 Å². The summed E-state index contributed by atoms with van der Waals surface area (Å²) in [5.74, 6) is 0. The molecule has 0 bridgehead atoms. The van der Waals surface area contributed by atoms with E-state index in [1.165, 1.54) is 145 Å². The molecule has 1 aromatic heterocycles. The van der Waals surface area contributed by atoms with E-state index < -0.39 is 0 Å². The molecule has 6 heteroatoms. The highest BCUT2D eigenvalue weighted by Crippen LogP contribution is 2.63. The molecule has 2 fully saturated rings. The van der Waals surface area contributed by atoms with Crippen LogP contribution in [0.4, 0.5) is 56.9 Å². The van der Waals surface area contributed by atoms with Gasteiger partial charge in [0.1, 0.15) is 5.58 Å². The molecule has 4 aliphatic heterocycles. The predicted octanol–water partition coefficient (Wildman–Crippen LogP) is 19.0. The first-order chi connectivity index (χ1) is 40.0. The summed E-state index contributed by atoms with van der Waals surface area (Å²) in [6.07, 6.45) is 9.59. The van der Waals surface area contributed by atoms with Gasteiger partial charge in [-0.2, -0.15) is 0 Å². The number of hydrogen-bond donors (Lipinski definition) is 0. The minimum absolute atomic E-state index is 0.0103. The first-order valence-corrected chi connectivity index (χ1v) is 31.0. The molecule has 9 aromatic carbocycles. The number of para-hydroxylation sites is 3. The number of nitrogens with zero attached hydrogens (tertiary/aromatic N) is 4. The maximum Gasteiger partial charge on any atom is 0.252 e. The zero-order valence-electron chi connectivity index (χ0n) is 50.2. The van der Waals surface area contributed by atoms with Crippen LogP contribution in [0.15, 0.2) is 180 Å². The molecule has 4 atom stereocenters. The maximum absolute atomic E-state index is 7.09. The largest absolute Gasteiger partial charge is 0.454 e. The third kappa shape index (κ3) is 6.84. The second kappa shape index (κ2) is 17.5. The SMILES string of the molecule is Cc1cc2c3c(c1)N(c1cccc4c1oc1ccccc14)c1cc(N4c5ccccc5C5(C)CCCCC45C)ccc1B3c1ccc(N3c4ccc(C(C)(C)C)cc4C4(C)CCCCC34C)cc1N2c1ccc(C)c(-c2ccccc2C)c1. The Bertz CT molecular complexity index is 4390. The highest BCUT2D eigenvalue weighted by Gasteiger charge is 2.60. The van der Waals surface area contributed by atoms with Crippen LogP contribution in [0.3, 0.4) is 0 Å². The standard InChI is InChI=1S/C77H75BN4O/c1-48-42-68-71-69(43-48)80(65-28-21-25-57-56-24-13-16-29-70(56)83-72(57)65)67-47-54(81-63-27-15-14-26-59(63)74(7)38-17-19-40-76(74,81)9)34-36-62(67)78(71)61-35-33-53(46-66(61)79(68)52-32-30-50(3)58(45-52)55-23-12-11-22-49(55)2)82-64-37-31-51(73(4,5)6)44-60(64)75(8)39-18-20-41-77(75,82)10/h11-16,21-37,42-47H,17-20,38-41H2,1-10H3. The van der Waals surface area contributed by atoms with Crippen LogP contribution in [0.2, 0.25) is 0 Å². The van der Waals surface area contributed by atoms with E-state index in [2.05, 4.69) is 265 Å². The minimum atomic E-state index is -0.118. The lowest BCUT2D eigenvalue weighted by molar-refractivity contribution is 0.195. The normalized spacial score (nSPS) is 23.0. The molecule has 5 heterocycles. The van der Waals surface area contributed by atoms with Gasteiger partial charge in [0.15, 0.2) is 5.58 Å². The van der Waals surface area contributed by atoms with E-state index >= 15 is 0 Å². The van der Waals surface area contributed by atoms with Gasteiger partial charge in [-0.3, -0.25) is 0 Å². The summed E-state index contributed by atoms with van der Waals surface area (Å²) in [7, 11) is 0. The quantitative estimate of drug-likeness (QED) is 0.160. The summed E-state index contributed by atoms with van der Waals surface area (Å²) in [5, 5.41) is 2.26. The van der Waals surface area contributed by atoms with Gasteiger partial charge in [-0.25, -0.2) is 0 Å². The molecule has 83 heavy (non-hydrogen) atoms. The lowest BCUT2D eigenvalue weighted by Crippen LogP contribution is -2.61. The molecule has 0 N–H and O–H groups in total. The molecule has 10 aromatic rings. The van der Waals surface area contributed by atoms with Crippen molar-refractivity contribution in [3.05, 3.63) is 209 Å². The lowest BCUT2D eigenvalue weighted by Gasteiger charge is -2.51. The number of fused-ring (bicyclic) bond motifs is 13. The molecular weight excluding hydrogens is 1010 g/mol. The predicted molar refractivity (Wildman–Crippen MR) is 352 cm³/mol. The van der Waals surface area contributed by atoms with Gasteiger partial charge < -0.3 is 24.0 Å². The molecule has 0 saturated heterocycles. The van der Waals surface area contributed by atoms with Crippen molar-refractivity contribution in [2.24, 2.45) is 0 Å². The van der Waals surface area contributed by atoms with Gasteiger partial charge in [-0.05, 0) is 199 Å². The first-order valence-electron chi connectivity index (χ1n) is 31.0. The van der Waals surface area contributed by atoms with Gasteiger partial charge in [0.05, 0.1) is 16.8 Å². The Labute approximate surface area is 491 Å². The van der Waals surface area contributed by atoms with Crippen molar-refractivity contribution in [2.75, 3.05) is 19.6 Å². The Kier molecular flexibility index (Phi) is 10.7. The number of aryl methyl sites for hydroxylation is 3. The monoisotopic (exact) mass is 1080 g/mol. The topological polar surface area (TPSA) is 26.1 Å². The molecule has 412 valence electrons. The highest BCUT2D eigenvalue weighted by atomic mass is 16.3. The van der Waals surface area contributed by atoms with Gasteiger partial charge in [-0.1, -0.05) is 163 Å². The number of furan rings is 1. The maximum atomic E-state index is 7.09. The molecule has 6 aliphatic rings. The molecule has 5 nitrogen and oxygen atoms in total. The van der Waals surface area contributed by atoms with E-state index in [1.54, 1.807) is 0 Å². The summed E-state index contributed by atoms with van der Waals surface area (Å²) in [4.78, 5) is 10.8.